The molecule has 1 saturated heterocycles. The van der Waals surface area contributed by atoms with Crippen LogP contribution in [0.15, 0.2) is 41.3 Å². The Balaban J connectivity index is 1.62. The Morgan fingerprint density at radius 1 is 1.24 bits per heavy atom. The molecule has 0 radical (unpaired) electrons. The van der Waals surface area contributed by atoms with E-state index in [4.69, 9.17) is 0 Å². The molecule has 0 aromatic heterocycles. The van der Waals surface area contributed by atoms with Crippen molar-refractivity contribution >= 4 is 40.4 Å². The van der Waals surface area contributed by atoms with Gasteiger partial charge in [-0.05, 0) is 85.3 Å². The van der Waals surface area contributed by atoms with Crippen LogP contribution in [-0.4, -0.2) is 33.6 Å². The first kappa shape index (κ1) is 23.0. The van der Waals surface area contributed by atoms with E-state index in [0.29, 0.717) is 16.4 Å². The molecule has 2 aliphatic heterocycles. The van der Waals surface area contributed by atoms with E-state index in [1.165, 1.54) is 23.4 Å². The molecule has 0 unspecified atom stereocenters. The summed E-state index contributed by atoms with van der Waals surface area (Å²) in [4.78, 5) is 40.0. The molecule has 8 heteroatoms. The van der Waals surface area contributed by atoms with E-state index in [2.05, 4.69) is 44.9 Å². The number of thioether (sulfide) groups is 1. The third-order valence-corrected chi connectivity index (χ3v) is 7.55. The van der Waals surface area contributed by atoms with E-state index in [0.717, 1.165) is 34.2 Å². The predicted molar refractivity (Wildman–Crippen MR) is 131 cm³/mol. The highest BCUT2D eigenvalue weighted by Gasteiger charge is 2.37. The van der Waals surface area contributed by atoms with Gasteiger partial charge in [0.25, 0.3) is 16.8 Å². The van der Waals surface area contributed by atoms with Gasteiger partial charge in [0.1, 0.15) is 0 Å². The molecule has 0 N–H and O–H groups in total. The Morgan fingerprint density at radius 3 is 2.67 bits per heavy atom. The van der Waals surface area contributed by atoms with E-state index in [-0.39, 0.29) is 28.9 Å². The number of nitro groups is 1. The Kier molecular flexibility index (Phi) is 5.82. The fourth-order valence-corrected chi connectivity index (χ4v) is 5.45. The van der Waals surface area contributed by atoms with E-state index < -0.39 is 4.92 Å². The lowest BCUT2D eigenvalue weighted by Crippen LogP contribution is -2.45. The van der Waals surface area contributed by atoms with Crippen LogP contribution in [0.25, 0.3) is 6.08 Å². The molecule has 2 heterocycles. The lowest BCUT2D eigenvalue weighted by molar-refractivity contribution is -0.384. The zero-order chi connectivity index (χ0) is 24.1. The smallest absolute Gasteiger partial charge is 0.293 e. The maximum Gasteiger partial charge on any atom is 0.293 e. The Bertz CT molecular complexity index is 1200. The highest BCUT2D eigenvalue weighted by Crippen LogP contribution is 2.44. The number of amides is 2. The van der Waals surface area contributed by atoms with Crippen molar-refractivity contribution in [1.82, 2.24) is 4.90 Å². The summed E-state index contributed by atoms with van der Waals surface area (Å²) >= 11 is 0.908. The number of rotatable bonds is 4. The summed E-state index contributed by atoms with van der Waals surface area (Å²) in [6.07, 6.45) is 2.82. The van der Waals surface area contributed by atoms with Gasteiger partial charge in [0, 0.05) is 30.4 Å². The van der Waals surface area contributed by atoms with E-state index in [1.807, 2.05) is 6.92 Å². The molecule has 0 aliphatic carbocycles. The molecule has 1 atom stereocenters. The SMILES string of the molecule is Cc1cc2c(cc1/C=C1\SC(=O)N(Cc3cccc([N+](=O)[O-])c3)C1=O)[C@H](C)CC(C)(C)N2C. The van der Waals surface area contributed by atoms with Crippen molar-refractivity contribution in [2.24, 2.45) is 0 Å². The van der Waals surface area contributed by atoms with Crippen LogP contribution in [-0.2, 0) is 11.3 Å². The third kappa shape index (κ3) is 4.27. The van der Waals surface area contributed by atoms with Gasteiger partial charge in [0.2, 0.25) is 0 Å². The number of imide groups is 1. The molecule has 33 heavy (non-hydrogen) atoms. The van der Waals surface area contributed by atoms with Gasteiger partial charge in [0.15, 0.2) is 0 Å². The monoisotopic (exact) mass is 465 g/mol. The zero-order valence-electron chi connectivity index (χ0n) is 19.4. The van der Waals surface area contributed by atoms with Gasteiger partial charge in [-0.1, -0.05) is 19.1 Å². The third-order valence-electron chi connectivity index (χ3n) is 6.64. The fourth-order valence-electron chi connectivity index (χ4n) is 4.62. The second-order valence-corrected chi connectivity index (χ2v) is 10.4. The number of non-ortho nitro benzene ring substituents is 1. The van der Waals surface area contributed by atoms with Gasteiger partial charge in [-0.3, -0.25) is 24.6 Å². The van der Waals surface area contributed by atoms with E-state index >= 15 is 0 Å². The van der Waals surface area contributed by atoms with Gasteiger partial charge in [0.05, 0.1) is 16.4 Å². The van der Waals surface area contributed by atoms with E-state index in [9.17, 15) is 19.7 Å². The molecule has 0 saturated carbocycles. The van der Waals surface area contributed by atoms with Gasteiger partial charge < -0.3 is 4.90 Å². The van der Waals surface area contributed by atoms with Crippen LogP contribution in [0.2, 0.25) is 0 Å². The Labute approximate surface area is 197 Å². The summed E-state index contributed by atoms with van der Waals surface area (Å²) in [5.41, 5.74) is 4.94. The largest absolute Gasteiger partial charge is 0.369 e. The molecule has 2 aromatic carbocycles. The number of aryl methyl sites for hydroxylation is 1. The topological polar surface area (TPSA) is 83.8 Å². The van der Waals surface area contributed by atoms with Crippen LogP contribution in [0, 0.1) is 17.0 Å². The highest BCUT2D eigenvalue weighted by atomic mass is 32.2. The van der Waals surface area contributed by atoms with Gasteiger partial charge >= 0.3 is 0 Å². The maximum absolute atomic E-state index is 13.0. The number of nitrogens with zero attached hydrogens (tertiary/aromatic N) is 3. The summed E-state index contributed by atoms with van der Waals surface area (Å²) in [7, 11) is 2.11. The summed E-state index contributed by atoms with van der Waals surface area (Å²) in [5, 5.41) is 10.7. The highest BCUT2D eigenvalue weighted by molar-refractivity contribution is 8.18. The normalized spacial score (nSPS) is 21.0. The molecule has 2 aliphatic rings. The van der Waals surface area contributed by atoms with Crippen LogP contribution in [0.5, 0.6) is 0 Å². The quantitative estimate of drug-likeness (QED) is 0.319. The van der Waals surface area contributed by atoms with Crippen molar-refractivity contribution in [1.29, 1.82) is 0 Å². The van der Waals surface area contributed by atoms with Crippen LogP contribution >= 0.6 is 11.8 Å². The molecular formula is C25H27N3O4S. The number of carbonyl (C=O) groups is 2. The number of carbonyl (C=O) groups excluding carboxylic acids is 2. The predicted octanol–water partition coefficient (Wildman–Crippen LogP) is 5.86. The van der Waals surface area contributed by atoms with Crippen molar-refractivity contribution in [2.75, 3.05) is 11.9 Å². The van der Waals surface area contributed by atoms with Crippen LogP contribution in [0.3, 0.4) is 0 Å². The van der Waals surface area contributed by atoms with Crippen LogP contribution in [0.1, 0.15) is 55.4 Å². The fraction of sp³-hybridized carbons (Fsp3) is 0.360. The summed E-state index contributed by atoms with van der Waals surface area (Å²) in [5.74, 6) is 0.00260. The second-order valence-electron chi connectivity index (χ2n) is 9.44. The molecule has 2 aromatic rings. The average Bonchev–Trinajstić information content (AvgIpc) is 3.00. The summed E-state index contributed by atoms with van der Waals surface area (Å²) < 4.78 is 0. The van der Waals surface area contributed by atoms with Crippen molar-refractivity contribution in [3.8, 4) is 0 Å². The van der Waals surface area contributed by atoms with Gasteiger partial charge in [-0.2, -0.15) is 0 Å². The van der Waals surface area contributed by atoms with Gasteiger partial charge in [-0.15, -0.1) is 0 Å². The molecule has 0 spiro atoms. The summed E-state index contributed by atoms with van der Waals surface area (Å²) in [6, 6.07) is 10.3. The number of hydrogen-bond acceptors (Lipinski definition) is 6. The van der Waals surface area contributed by atoms with E-state index in [1.54, 1.807) is 18.2 Å². The zero-order valence-corrected chi connectivity index (χ0v) is 20.2. The van der Waals surface area contributed by atoms with Crippen molar-refractivity contribution in [3.63, 3.8) is 0 Å². The number of anilines is 1. The summed E-state index contributed by atoms with van der Waals surface area (Å²) in [6.45, 7) is 8.73. The average molecular weight is 466 g/mol. The Hall–Kier alpha value is -3.13. The van der Waals surface area contributed by atoms with Crippen molar-refractivity contribution in [2.45, 2.75) is 52.1 Å². The molecule has 7 nitrogen and oxygen atoms in total. The first-order valence-corrected chi connectivity index (χ1v) is 11.7. The minimum Gasteiger partial charge on any atom is -0.369 e. The van der Waals surface area contributed by atoms with Crippen LogP contribution in [0.4, 0.5) is 16.2 Å². The van der Waals surface area contributed by atoms with Crippen LogP contribution < -0.4 is 4.90 Å². The second kappa shape index (κ2) is 8.33. The first-order chi connectivity index (χ1) is 15.5. The molecule has 1 fully saturated rings. The number of fused-ring (bicyclic) bond motifs is 1. The van der Waals surface area contributed by atoms with Crippen molar-refractivity contribution < 1.29 is 14.5 Å². The minimum absolute atomic E-state index is 0.00374. The molecular weight excluding hydrogens is 438 g/mol. The molecule has 172 valence electrons. The molecule has 0 bridgehead atoms. The molecule has 2 amide bonds. The first-order valence-electron chi connectivity index (χ1n) is 10.8. The maximum atomic E-state index is 13.0. The molecule has 4 rings (SSSR count). The van der Waals surface area contributed by atoms with Gasteiger partial charge in [-0.25, -0.2) is 0 Å². The number of hydrogen-bond donors (Lipinski definition) is 0. The lowest BCUT2D eigenvalue weighted by atomic mass is 9.79. The lowest BCUT2D eigenvalue weighted by Gasteiger charge is -2.45. The minimum atomic E-state index is -0.490. The standard InChI is InChI=1S/C25H27N3O4S/c1-15-9-21-20(16(2)13-25(3,4)26(21)5)11-18(15)12-22-23(29)27(24(30)33-22)14-17-7-6-8-19(10-17)28(31)32/h6-12,16H,13-14H2,1-5H3/b22-12-/t16-/m1/s1. The Morgan fingerprint density at radius 2 is 1.97 bits per heavy atom. The number of benzene rings is 2. The number of nitro benzene ring substituents is 1. The van der Waals surface area contributed by atoms with Crippen molar-refractivity contribution in [3.05, 3.63) is 73.7 Å².